The molecule has 0 aromatic carbocycles. The van der Waals surface area contributed by atoms with Crippen LogP contribution in [0.4, 0.5) is 0 Å². The maximum atomic E-state index is 5.35. The summed E-state index contributed by atoms with van der Waals surface area (Å²) in [5.74, 6) is 1.69. The summed E-state index contributed by atoms with van der Waals surface area (Å²) in [6.07, 6.45) is 3.68. The highest BCUT2D eigenvalue weighted by Crippen LogP contribution is 2.23. The molecule has 0 bridgehead atoms. The largest absolute Gasteiger partial charge is 0.382 e. The first-order valence-electron chi connectivity index (χ1n) is 8.77. The van der Waals surface area contributed by atoms with E-state index in [-0.39, 0.29) is 5.54 Å². The van der Waals surface area contributed by atoms with E-state index in [1.165, 1.54) is 25.9 Å². The van der Waals surface area contributed by atoms with Gasteiger partial charge in [0.2, 0.25) is 0 Å². The Kier molecular flexibility index (Phi) is 8.79. The molecule has 0 aliphatic carbocycles. The van der Waals surface area contributed by atoms with Gasteiger partial charge in [-0.25, -0.2) is 0 Å². The lowest BCUT2D eigenvalue weighted by atomic mass is 9.93. The van der Waals surface area contributed by atoms with E-state index in [1.807, 2.05) is 14.0 Å². The van der Waals surface area contributed by atoms with Crippen LogP contribution in [0.25, 0.3) is 0 Å². The fourth-order valence-corrected chi connectivity index (χ4v) is 2.90. The van der Waals surface area contributed by atoms with Crippen LogP contribution in [0.15, 0.2) is 4.99 Å². The molecule has 0 radical (unpaired) electrons. The molecule has 22 heavy (non-hydrogen) atoms. The lowest BCUT2D eigenvalue weighted by Gasteiger charge is -2.43. The van der Waals surface area contributed by atoms with Gasteiger partial charge in [0.05, 0.1) is 0 Å². The molecule has 1 unspecified atom stereocenters. The van der Waals surface area contributed by atoms with E-state index in [9.17, 15) is 0 Å². The molecular weight excluding hydrogens is 276 g/mol. The molecule has 1 heterocycles. The van der Waals surface area contributed by atoms with E-state index < -0.39 is 0 Å². The van der Waals surface area contributed by atoms with E-state index in [4.69, 9.17) is 4.74 Å². The molecule has 1 fully saturated rings. The predicted octanol–water partition coefficient (Wildman–Crippen LogP) is 2.09. The maximum absolute atomic E-state index is 5.35. The molecule has 1 atom stereocenters. The Labute approximate surface area is 136 Å². The van der Waals surface area contributed by atoms with E-state index >= 15 is 0 Å². The van der Waals surface area contributed by atoms with Gasteiger partial charge in [0, 0.05) is 45.4 Å². The van der Waals surface area contributed by atoms with Crippen LogP contribution < -0.4 is 10.6 Å². The zero-order chi connectivity index (χ0) is 16.4. The number of likely N-dealkylation sites (tertiary alicyclic amines) is 1. The van der Waals surface area contributed by atoms with Crippen molar-refractivity contribution in [1.82, 2.24) is 15.5 Å². The fraction of sp³-hybridized carbons (Fsp3) is 0.941. The number of ether oxygens (including phenoxy) is 1. The number of guanidine groups is 1. The third kappa shape index (κ3) is 6.97. The molecule has 1 aliphatic heterocycles. The Morgan fingerprint density at radius 1 is 1.36 bits per heavy atom. The Bertz CT molecular complexity index is 331. The zero-order valence-corrected chi connectivity index (χ0v) is 15.2. The van der Waals surface area contributed by atoms with Crippen LogP contribution in [-0.2, 0) is 4.74 Å². The maximum Gasteiger partial charge on any atom is 0.191 e. The van der Waals surface area contributed by atoms with Crippen LogP contribution in [0.2, 0.25) is 0 Å². The van der Waals surface area contributed by atoms with Crippen LogP contribution in [0.3, 0.4) is 0 Å². The number of piperidine rings is 1. The van der Waals surface area contributed by atoms with Gasteiger partial charge in [-0.1, -0.05) is 6.92 Å². The summed E-state index contributed by atoms with van der Waals surface area (Å²) in [5.41, 5.74) is 0.150. The van der Waals surface area contributed by atoms with Crippen LogP contribution in [0.1, 0.15) is 47.0 Å². The number of hydrogen-bond acceptors (Lipinski definition) is 3. The smallest absolute Gasteiger partial charge is 0.191 e. The Morgan fingerprint density at radius 3 is 2.77 bits per heavy atom. The summed E-state index contributed by atoms with van der Waals surface area (Å²) < 4.78 is 5.35. The summed E-state index contributed by atoms with van der Waals surface area (Å²) in [6, 6.07) is 0. The summed E-state index contributed by atoms with van der Waals surface area (Å²) in [6.45, 7) is 14.8. The van der Waals surface area contributed by atoms with E-state index in [1.54, 1.807) is 0 Å². The first kappa shape index (κ1) is 19.2. The van der Waals surface area contributed by atoms with Gasteiger partial charge in [-0.05, 0) is 52.5 Å². The van der Waals surface area contributed by atoms with Crippen molar-refractivity contribution < 1.29 is 4.74 Å². The highest BCUT2D eigenvalue weighted by molar-refractivity contribution is 5.79. The second-order valence-electron chi connectivity index (χ2n) is 6.91. The van der Waals surface area contributed by atoms with E-state index in [0.29, 0.717) is 0 Å². The van der Waals surface area contributed by atoms with Crippen molar-refractivity contribution >= 4 is 5.96 Å². The third-order valence-electron chi connectivity index (χ3n) is 4.39. The quantitative estimate of drug-likeness (QED) is 0.409. The zero-order valence-electron chi connectivity index (χ0n) is 15.2. The highest BCUT2D eigenvalue weighted by atomic mass is 16.5. The van der Waals surface area contributed by atoms with Crippen molar-refractivity contribution in [3.05, 3.63) is 0 Å². The standard InChI is InChI=1S/C17H36N4O/c1-6-22-12-8-10-19-16(18-5)20-14-17(3,4)21-11-7-9-15(2)13-21/h15H,6-14H2,1-5H3,(H2,18,19,20). The van der Waals surface area contributed by atoms with Crippen molar-refractivity contribution in [3.63, 3.8) is 0 Å². The molecule has 0 aromatic heterocycles. The molecule has 2 N–H and O–H groups in total. The SMILES string of the molecule is CCOCCCNC(=NC)NCC(C)(C)N1CCCC(C)C1. The summed E-state index contributed by atoms with van der Waals surface area (Å²) in [5, 5.41) is 6.82. The highest BCUT2D eigenvalue weighted by Gasteiger charge is 2.30. The molecule has 1 aliphatic rings. The minimum Gasteiger partial charge on any atom is -0.382 e. The van der Waals surface area contributed by atoms with Gasteiger partial charge in [-0.2, -0.15) is 0 Å². The Morgan fingerprint density at radius 2 is 2.14 bits per heavy atom. The third-order valence-corrected chi connectivity index (χ3v) is 4.39. The molecular formula is C17H36N4O. The minimum atomic E-state index is 0.150. The van der Waals surface area contributed by atoms with Crippen LogP contribution in [-0.4, -0.2) is 62.8 Å². The van der Waals surface area contributed by atoms with Crippen molar-refractivity contribution in [3.8, 4) is 0 Å². The van der Waals surface area contributed by atoms with Gasteiger partial charge in [0.15, 0.2) is 5.96 Å². The topological polar surface area (TPSA) is 48.9 Å². The molecule has 0 saturated carbocycles. The molecule has 1 saturated heterocycles. The summed E-state index contributed by atoms with van der Waals surface area (Å²) in [7, 11) is 1.83. The van der Waals surface area contributed by atoms with Crippen LogP contribution in [0, 0.1) is 5.92 Å². The minimum absolute atomic E-state index is 0.150. The first-order valence-corrected chi connectivity index (χ1v) is 8.77. The van der Waals surface area contributed by atoms with Crippen LogP contribution >= 0.6 is 0 Å². The molecule has 130 valence electrons. The molecule has 0 spiro atoms. The van der Waals surface area contributed by atoms with Crippen molar-refractivity contribution in [2.45, 2.75) is 52.5 Å². The number of rotatable bonds is 8. The number of hydrogen-bond donors (Lipinski definition) is 2. The van der Waals surface area contributed by atoms with Gasteiger partial charge >= 0.3 is 0 Å². The lowest BCUT2D eigenvalue weighted by Crippen LogP contribution is -2.56. The molecule has 1 rings (SSSR count). The number of nitrogens with zero attached hydrogens (tertiary/aromatic N) is 2. The average Bonchev–Trinajstić information content (AvgIpc) is 2.50. The van der Waals surface area contributed by atoms with Crippen LogP contribution in [0.5, 0.6) is 0 Å². The van der Waals surface area contributed by atoms with Crippen molar-refractivity contribution in [2.75, 3.05) is 46.4 Å². The van der Waals surface area contributed by atoms with Crippen molar-refractivity contribution in [1.29, 1.82) is 0 Å². The number of nitrogens with one attached hydrogen (secondary N) is 2. The van der Waals surface area contributed by atoms with Gasteiger partial charge in [0.1, 0.15) is 0 Å². The second kappa shape index (κ2) is 10.1. The predicted molar refractivity (Wildman–Crippen MR) is 94.5 cm³/mol. The first-order chi connectivity index (χ1) is 10.5. The average molecular weight is 313 g/mol. The monoisotopic (exact) mass is 312 g/mol. The molecule has 5 nitrogen and oxygen atoms in total. The Hall–Kier alpha value is -0.810. The lowest BCUT2D eigenvalue weighted by molar-refractivity contribution is 0.0739. The fourth-order valence-electron chi connectivity index (χ4n) is 2.90. The summed E-state index contributed by atoms with van der Waals surface area (Å²) in [4.78, 5) is 6.91. The van der Waals surface area contributed by atoms with Crippen molar-refractivity contribution in [2.24, 2.45) is 10.9 Å². The van der Waals surface area contributed by atoms with Gasteiger partial charge in [-0.15, -0.1) is 0 Å². The summed E-state index contributed by atoms with van der Waals surface area (Å²) >= 11 is 0. The van der Waals surface area contributed by atoms with E-state index in [0.717, 1.165) is 44.6 Å². The molecule has 5 heteroatoms. The van der Waals surface area contributed by atoms with Gasteiger partial charge in [0.25, 0.3) is 0 Å². The number of aliphatic imine (C=N–C) groups is 1. The molecule has 0 amide bonds. The normalized spacial score (nSPS) is 21.0. The van der Waals surface area contributed by atoms with Gasteiger partial charge < -0.3 is 15.4 Å². The second-order valence-corrected chi connectivity index (χ2v) is 6.91. The Balaban J connectivity index is 2.31. The molecule has 0 aromatic rings. The van der Waals surface area contributed by atoms with E-state index in [2.05, 4.69) is 41.3 Å². The van der Waals surface area contributed by atoms with Gasteiger partial charge in [-0.3, -0.25) is 9.89 Å².